The molecule has 2 aromatic heterocycles. The molecule has 1 saturated heterocycles. The smallest absolute Gasteiger partial charge is 0.323 e. The van der Waals surface area contributed by atoms with Gasteiger partial charge in [-0.25, -0.2) is 14.8 Å². The minimum absolute atomic E-state index is 0.131. The van der Waals surface area contributed by atoms with Crippen LogP contribution in [0.2, 0.25) is 0 Å². The molecule has 0 aliphatic carbocycles. The molecule has 9 nitrogen and oxygen atoms in total. The van der Waals surface area contributed by atoms with E-state index in [1.807, 2.05) is 25.7 Å². The van der Waals surface area contributed by atoms with E-state index in [9.17, 15) is 9.59 Å². The van der Waals surface area contributed by atoms with Gasteiger partial charge in [0.05, 0.1) is 0 Å². The third-order valence-electron chi connectivity index (χ3n) is 4.18. The zero-order valence-electron chi connectivity index (χ0n) is 15.4. The second-order valence-electron chi connectivity index (χ2n) is 7.24. The summed E-state index contributed by atoms with van der Waals surface area (Å²) < 4.78 is 5.80. The molecule has 0 radical (unpaired) electrons. The van der Waals surface area contributed by atoms with Gasteiger partial charge < -0.3 is 14.4 Å². The molecule has 0 saturated carbocycles. The molecule has 1 fully saturated rings. The predicted molar refractivity (Wildman–Crippen MR) is 101 cm³/mol. The Balaban J connectivity index is 1.59. The van der Waals surface area contributed by atoms with E-state index in [0.717, 1.165) is 0 Å². The predicted octanol–water partition coefficient (Wildman–Crippen LogP) is 1.28. The Morgan fingerprint density at radius 2 is 1.92 bits per heavy atom. The molecule has 10 heteroatoms. The zero-order chi connectivity index (χ0) is 18.9. The monoisotopic (exact) mass is 377 g/mol. The molecule has 0 unspecified atom stereocenters. The highest BCUT2D eigenvalue weighted by Gasteiger charge is 2.25. The van der Waals surface area contributed by atoms with Crippen LogP contribution in [0.25, 0.3) is 0 Å². The Bertz CT molecular complexity index is 847. The number of amides is 2. The first-order chi connectivity index (χ1) is 12.3. The van der Waals surface area contributed by atoms with Crippen LogP contribution in [0.5, 0.6) is 0 Å². The average Bonchev–Trinajstić information content (AvgIpc) is 3.06. The number of aryl methyl sites for hydroxylation is 1. The van der Waals surface area contributed by atoms with Crippen molar-refractivity contribution in [3.8, 4) is 0 Å². The maximum atomic E-state index is 12.4. The van der Waals surface area contributed by atoms with E-state index < -0.39 is 0 Å². The number of carbonyl (C=O) groups excluding carboxylic acids is 1. The van der Waals surface area contributed by atoms with Gasteiger partial charge in [0.15, 0.2) is 5.82 Å². The van der Waals surface area contributed by atoms with E-state index in [1.54, 1.807) is 24.3 Å². The quantitative estimate of drug-likeness (QED) is 0.847. The lowest BCUT2D eigenvalue weighted by Gasteiger charge is -2.34. The van der Waals surface area contributed by atoms with Gasteiger partial charge in [-0.05, 0) is 0 Å². The molecule has 26 heavy (non-hydrogen) atoms. The summed E-state index contributed by atoms with van der Waals surface area (Å²) in [5, 5.41) is 3.31. The van der Waals surface area contributed by atoms with Gasteiger partial charge in [-0.1, -0.05) is 20.8 Å². The Morgan fingerprint density at radius 1 is 1.23 bits per heavy atom. The normalized spacial score (nSPS) is 15.2. The molecule has 3 heterocycles. The number of carbonyl (C=O) groups is 1. The fourth-order valence-corrected chi connectivity index (χ4v) is 3.32. The van der Waals surface area contributed by atoms with Crippen molar-refractivity contribution in [1.29, 1.82) is 0 Å². The van der Waals surface area contributed by atoms with E-state index in [0.29, 0.717) is 43.0 Å². The van der Waals surface area contributed by atoms with Crippen LogP contribution in [-0.2, 0) is 12.5 Å². The van der Waals surface area contributed by atoms with Gasteiger partial charge in [-0.15, -0.1) is 0 Å². The molecule has 0 aromatic carbocycles. The third-order valence-corrected chi connectivity index (χ3v) is 4.81. The Hall–Kier alpha value is -2.49. The van der Waals surface area contributed by atoms with Crippen molar-refractivity contribution in [3.05, 3.63) is 28.6 Å². The molecule has 3 rings (SSSR count). The lowest BCUT2D eigenvalue weighted by Crippen LogP contribution is -2.51. The van der Waals surface area contributed by atoms with Gasteiger partial charge in [0.25, 0.3) is 5.56 Å². The van der Waals surface area contributed by atoms with Crippen LogP contribution in [-0.4, -0.2) is 56.0 Å². The highest BCUT2D eigenvalue weighted by molar-refractivity contribution is 7.09. The number of hydrogen-bond acceptors (Lipinski definition) is 7. The van der Waals surface area contributed by atoms with E-state index >= 15 is 0 Å². The Labute approximate surface area is 155 Å². The molecule has 140 valence electrons. The molecular formula is C16H23N7O2S. The molecule has 1 aliphatic heterocycles. The van der Waals surface area contributed by atoms with E-state index in [-0.39, 0.29) is 17.0 Å². The summed E-state index contributed by atoms with van der Waals surface area (Å²) in [6.07, 6.45) is 3.24. The van der Waals surface area contributed by atoms with Crippen LogP contribution in [0, 0.1) is 0 Å². The van der Waals surface area contributed by atoms with Crippen molar-refractivity contribution in [1.82, 2.24) is 23.8 Å². The first-order valence-electron chi connectivity index (χ1n) is 8.42. The molecule has 1 aliphatic rings. The van der Waals surface area contributed by atoms with Crippen molar-refractivity contribution in [2.75, 3.05) is 36.4 Å². The standard InChI is InChI=1S/C16H23N7O2S/c1-16(2,3)13-18-14(26-20-13)19-15(25)23-9-7-22(8-10-23)11-12(24)21(4)6-5-17-11/h5-6H,7-10H2,1-4H3,(H,18,19,20,25). The number of anilines is 2. The number of nitrogens with one attached hydrogen (secondary N) is 1. The number of hydrogen-bond donors (Lipinski definition) is 1. The topological polar surface area (TPSA) is 96.2 Å². The van der Waals surface area contributed by atoms with Crippen LogP contribution in [0.4, 0.5) is 15.7 Å². The van der Waals surface area contributed by atoms with Gasteiger partial charge in [-0.2, -0.15) is 4.37 Å². The highest BCUT2D eigenvalue weighted by atomic mass is 32.1. The maximum Gasteiger partial charge on any atom is 0.323 e. The van der Waals surface area contributed by atoms with Crippen LogP contribution >= 0.6 is 11.5 Å². The van der Waals surface area contributed by atoms with Gasteiger partial charge >= 0.3 is 6.03 Å². The van der Waals surface area contributed by atoms with Crippen LogP contribution in [0.1, 0.15) is 26.6 Å². The molecule has 0 spiro atoms. The van der Waals surface area contributed by atoms with E-state index in [1.165, 1.54) is 16.1 Å². The Morgan fingerprint density at radius 3 is 2.54 bits per heavy atom. The number of aromatic nitrogens is 4. The van der Waals surface area contributed by atoms with E-state index in [4.69, 9.17) is 0 Å². The summed E-state index contributed by atoms with van der Waals surface area (Å²) in [7, 11) is 1.70. The van der Waals surface area contributed by atoms with Crippen molar-refractivity contribution in [2.24, 2.45) is 7.05 Å². The molecule has 1 N–H and O–H groups in total. The van der Waals surface area contributed by atoms with Crippen LogP contribution < -0.4 is 15.8 Å². The summed E-state index contributed by atoms with van der Waals surface area (Å²) in [5.41, 5.74) is -0.283. The largest absolute Gasteiger partial charge is 0.348 e. The second kappa shape index (κ2) is 7.02. The third kappa shape index (κ3) is 3.85. The molecule has 0 bridgehead atoms. The van der Waals surface area contributed by atoms with Crippen LogP contribution in [0.3, 0.4) is 0 Å². The first kappa shape index (κ1) is 18.3. The molecule has 2 amide bonds. The van der Waals surface area contributed by atoms with Gasteiger partial charge in [0.2, 0.25) is 5.13 Å². The fraction of sp³-hybridized carbons (Fsp3) is 0.562. The number of urea groups is 1. The van der Waals surface area contributed by atoms with E-state index in [2.05, 4.69) is 19.7 Å². The molecule has 2 aromatic rings. The van der Waals surface area contributed by atoms with Crippen molar-refractivity contribution < 1.29 is 4.79 Å². The number of piperazine rings is 1. The fourth-order valence-electron chi connectivity index (χ4n) is 2.57. The average molecular weight is 377 g/mol. The summed E-state index contributed by atoms with van der Waals surface area (Å²) in [5.74, 6) is 1.14. The zero-order valence-corrected chi connectivity index (χ0v) is 16.2. The summed E-state index contributed by atoms with van der Waals surface area (Å²) in [6, 6.07) is -0.199. The lowest BCUT2D eigenvalue weighted by atomic mass is 9.96. The van der Waals surface area contributed by atoms with Crippen LogP contribution in [0.15, 0.2) is 17.2 Å². The number of rotatable bonds is 2. The minimum Gasteiger partial charge on any atom is -0.348 e. The SMILES string of the molecule is Cn1ccnc(N2CCN(C(=O)Nc3nc(C(C)(C)C)ns3)CC2)c1=O. The van der Waals surface area contributed by atoms with Crippen molar-refractivity contribution in [2.45, 2.75) is 26.2 Å². The molecular weight excluding hydrogens is 354 g/mol. The van der Waals surface area contributed by atoms with Gasteiger partial charge in [0.1, 0.15) is 5.82 Å². The summed E-state index contributed by atoms with van der Waals surface area (Å²) >= 11 is 1.19. The minimum atomic E-state index is -0.199. The first-order valence-corrected chi connectivity index (χ1v) is 9.20. The van der Waals surface area contributed by atoms with Crippen molar-refractivity contribution >= 4 is 28.5 Å². The summed E-state index contributed by atoms with van der Waals surface area (Å²) in [4.78, 5) is 36.8. The second-order valence-corrected chi connectivity index (χ2v) is 8.00. The van der Waals surface area contributed by atoms with Crippen molar-refractivity contribution in [3.63, 3.8) is 0 Å². The van der Waals surface area contributed by atoms with Gasteiger partial charge in [0, 0.05) is 62.6 Å². The maximum absolute atomic E-state index is 12.4. The molecule has 0 atom stereocenters. The number of nitrogens with zero attached hydrogens (tertiary/aromatic N) is 6. The lowest BCUT2D eigenvalue weighted by molar-refractivity contribution is 0.208. The summed E-state index contributed by atoms with van der Waals surface area (Å²) in [6.45, 7) is 8.23. The Kier molecular flexibility index (Phi) is 4.94. The highest BCUT2D eigenvalue weighted by Crippen LogP contribution is 2.23. The van der Waals surface area contributed by atoms with Gasteiger partial charge in [-0.3, -0.25) is 10.1 Å².